The fraction of sp³-hybridized carbons (Fsp3) is 0.469. The van der Waals surface area contributed by atoms with E-state index >= 15 is 0 Å². The van der Waals surface area contributed by atoms with Crippen LogP contribution < -0.4 is 10.1 Å². The molecule has 0 aliphatic carbocycles. The summed E-state index contributed by atoms with van der Waals surface area (Å²) < 4.78 is 16.7. The minimum atomic E-state index is -1.49. The standard InChI is InChI=1S/C32H41N3O8/c1-23(19-33-30(39)40-20-25-12-8-6-9-13-25)16-26-18-32(43-34-26,21-41-27-14-10-7-11-15-27)35(22-36)28(24(2)37)17-29(38)42-31(3,4)5/h6-15,22-23,28H,16-21H2,1-5H3,(H,33,39)/t23?,28-,32?/m0/s1. The van der Waals surface area contributed by atoms with Gasteiger partial charge in [-0.15, -0.1) is 0 Å². The lowest BCUT2D eigenvalue weighted by Crippen LogP contribution is -2.59. The molecule has 0 bridgehead atoms. The summed E-state index contributed by atoms with van der Waals surface area (Å²) in [5, 5.41) is 7.02. The maximum Gasteiger partial charge on any atom is 0.407 e. The summed E-state index contributed by atoms with van der Waals surface area (Å²) in [6.45, 7) is 8.72. The van der Waals surface area contributed by atoms with Gasteiger partial charge >= 0.3 is 12.1 Å². The van der Waals surface area contributed by atoms with Gasteiger partial charge in [0.05, 0.1) is 18.6 Å². The molecule has 11 nitrogen and oxygen atoms in total. The SMILES string of the molecule is CC(=O)[C@H](CC(=O)OC(C)(C)C)N(C=O)C1(COc2ccccc2)CC(CC(C)CNC(=O)OCc2ccccc2)=NO1. The van der Waals surface area contributed by atoms with Crippen molar-refractivity contribution in [2.24, 2.45) is 11.1 Å². The number of esters is 1. The zero-order valence-electron chi connectivity index (χ0n) is 25.4. The summed E-state index contributed by atoms with van der Waals surface area (Å²) in [7, 11) is 0. The molecule has 1 heterocycles. The van der Waals surface area contributed by atoms with Gasteiger partial charge in [-0.3, -0.25) is 19.3 Å². The van der Waals surface area contributed by atoms with Crippen molar-refractivity contribution in [1.82, 2.24) is 10.2 Å². The molecular weight excluding hydrogens is 554 g/mol. The van der Waals surface area contributed by atoms with E-state index in [2.05, 4.69) is 10.5 Å². The van der Waals surface area contributed by atoms with Gasteiger partial charge in [-0.05, 0) is 57.7 Å². The minimum absolute atomic E-state index is 0.0625. The number of alkyl carbamates (subject to hydrolysis) is 1. The van der Waals surface area contributed by atoms with E-state index in [0.717, 1.165) is 5.56 Å². The first-order valence-electron chi connectivity index (χ1n) is 14.2. The molecule has 3 rings (SSSR count). The Balaban J connectivity index is 1.68. The number of benzene rings is 2. The fourth-order valence-corrected chi connectivity index (χ4v) is 4.58. The zero-order valence-corrected chi connectivity index (χ0v) is 25.4. The molecule has 0 fully saturated rings. The van der Waals surface area contributed by atoms with Crippen LogP contribution in [-0.4, -0.2) is 65.4 Å². The lowest BCUT2D eigenvalue weighted by atomic mass is 9.95. The molecule has 0 saturated heterocycles. The first-order chi connectivity index (χ1) is 20.4. The first kappa shape index (κ1) is 33.1. The molecule has 1 aliphatic heterocycles. The largest absolute Gasteiger partial charge is 0.487 e. The molecule has 0 aromatic heterocycles. The van der Waals surface area contributed by atoms with Crippen molar-refractivity contribution >= 4 is 30.0 Å². The van der Waals surface area contributed by atoms with Crippen LogP contribution >= 0.6 is 0 Å². The normalized spacial score (nSPS) is 17.5. The van der Waals surface area contributed by atoms with Crippen molar-refractivity contribution in [1.29, 1.82) is 0 Å². The number of rotatable bonds is 15. The van der Waals surface area contributed by atoms with Crippen LogP contribution in [0, 0.1) is 5.92 Å². The van der Waals surface area contributed by atoms with Crippen molar-refractivity contribution in [2.75, 3.05) is 13.2 Å². The van der Waals surface area contributed by atoms with Gasteiger partial charge in [0.2, 0.25) is 6.41 Å². The van der Waals surface area contributed by atoms with E-state index in [1.165, 1.54) is 11.8 Å². The summed E-state index contributed by atoms with van der Waals surface area (Å²) >= 11 is 0. The Morgan fingerprint density at radius 3 is 2.35 bits per heavy atom. The van der Waals surface area contributed by atoms with Crippen LogP contribution in [0.1, 0.15) is 59.4 Å². The highest BCUT2D eigenvalue weighted by Crippen LogP contribution is 2.33. The molecule has 1 aliphatic rings. The Labute approximate surface area is 252 Å². The number of hydrogen-bond acceptors (Lipinski definition) is 9. The number of carbonyl (C=O) groups is 4. The number of Topliss-reactive ketones (excluding diaryl/α,β-unsaturated/α-hetero) is 1. The highest BCUT2D eigenvalue weighted by Gasteiger charge is 2.50. The van der Waals surface area contributed by atoms with Gasteiger partial charge in [0.1, 0.15) is 24.0 Å². The predicted octanol–water partition coefficient (Wildman–Crippen LogP) is 4.64. The molecule has 2 amide bonds. The number of hydrogen-bond donors (Lipinski definition) is 1. The molecule has 2 aromatic carbocycles. The Hall–Kier alpha value is -4.41. The summed E-state index contributed by atoms with van der Waals surface area (Å²) in [5.74, 6) is -0.576. The highest BCUT2D eigenvalue weighted by atomic mass is 16.7. The summed E-state index contributed by atoms with van der Waals surface area (Å²) in [4.78, 5) is 57.3. The number of para-hydroxylation sites is 1. The van der Waals surface area contributed by atoms with Crippen molar-refractivity contribution in [3.8, 4) is 5.75 Å². The lowest BCUT2D eigenvalue weighted by Gasteiger charge is -2.39. The molecule has 11 heteroatoms. The molecule has 0 spiro atoms. The summed E-state index contributed by atoms with van der Waals surface area (Å²) in [6, 6.07) is 17.2. The Kier molecular flexibility index (Phi) is 11.7. The van der Waals surface area contributed by atoms with Crippen LogP contribution in [0.5, 0.6) is 5.75 Å². The van der Waals surface area contributed by atoms with Crippen molar-refractivity contribution in [2.45, 2.75) is 77.9 Å². The second-order valence-electron chi connectivity index (χ2n) is 11.7. The van der Waals surface area contributed by atoms with Gasteiger partial charge in [0.15, 0.2) is 12.4 Å². The van der Waals surface area contributed by atoms with Crippen LogP contribution in [0.3, 0.4) is 0 Å². The second kappa shape index (κ2) is 15.2. The van der Waals surface area contributed by atoms with E-state index in [-0.39, 0.29) is 32.0 Å². The van der Waals surface area contributed by atoms with Crippen LogP contribution in [0.15, 0.2) is 65.8 Å². The first-order valence-corrected chi connectivity index (χ1v) is 14.2. The number of amides is 2. The number of carbonyl (C=O) groups excluding carboxylic acids is 4. The number of nitrogens with zero attached hydrogens (tertiary/aromatic N) is 2. The fourth-order valence-electron chi connectivity index (χ4n) is 4.58. The van der Waals surface area contributed by atoms with Crippen LogP contribution in [-0.2, 0) is 35.3 Å². The molecule has 232 valence electrons. The molecule has 43 heavy (non-hydrogen) atoms. The van der Waals surface area contributed by atoms with Gasteiger partial charge in [-0.2, -0.15) is 0 Å². The maximum atomic E-state index is 12.8. The molecule has 1 N–H and O–H groups in total. The third-order valence-corrected chi connectivity index (χ3v) is 6.59. The Morgan fingerprint density at radius 2 is 1.74 bits per heavy atom. The van der Waals surface area contributed by atoms with Crippen LogP contribution in [0.2, 0.25) is 0 Å². The van der Waals surface area contributed by atoms with Gasteiger partial charge in [-0.1, -0.05) is 60.6 Å². The van der Waals surface area contributed by atoms with Crippen molar-refractivity contribution < 1.29 is 38.2 Å². The number of ether oxygens (including phenoxy) is 3. The van der Waals surface area contributed by atoms with E-state index < -0.39 is 35.2 Å². The zero-order chi connectivity index (χ0) is 31.5. The predicted molar refractivity (Wildman–Crippen MR) is 159 cm³/mol. The molecule has 2 unspecified atom stereocenters. The van der Waals surface area contributed by atoms with E-state index in [0.29, 0.717) is 30.8 Å². The smallest absolute Gasteiger partial charge is 0.407 e. The molecule has 2 aromatic rings. The lowest BCUT2D eigenvalue weighted by molar-refractivity contribution is -0.184. The number of nitrogens with one attached hydrogen (secondary N) is 1. The Morgan fingerprint density at radius 1 is 1.09 bits per heavy atom. The van der Waals surface area contributed by atoms with Crippen molar-refractivity contribution in [3.05, 3.63) is 66.2 Å². The number of oxime groups is 1. The van der Waals surface area contributed by atoms with Gasteiger partial charge in [0.25, 0.3) is 5.72 Å². The average Bonchev–Trinajstić information content (AvgIpc) is 3.37. The summed E-state index contributed by atoms with van der Waals surface area (Å²) in [5.41, 5.74) is -0.772. The minimum Gasteiger partial charge on any atom is -0.487 e. The molecular formula is C32H41N3O8. The van der Waals surface area contributed by atoms with Crippen LogP contribution in [0.4, 0.5) is 4.79 Å². The van der Waals surface area contributed by atoms with Crippen LogP contribution in [0.25, 0.3) is 0 Å². The average molecular weight is 596 g/mol. The Bertz CT molecular complexity index is 1260. The topological polar surface area (TPSA) is 133 Å². The third-order valence-electron chi connectivity index (χ3n) is 6.59. The van der Waals surface area contributed by atoms with Crippen molar-refractivity contribution in [3.63, 3.8) is 0 Å². The summed E-state index contributed by atoms with van der Waals surface area (Å²) in [6.07, 6.45) is 0.138. The van der Waals surface area contributed by atoms with E-state index in [9.17, 15) is 19.2 Å². The quantitative estimate of drug-likeness (QED) is 0.233. The molecule has 0 radical (unpaired) electrons. The highest BCUT2D eigenvalue weighted by molar-refractivity contribution is 5.90. The monoisotopic (exact) mass is 595 g/mol. The van der Waals surface area contributed by atoms with Gasteiger partial charge < -0.3 is 24.4 Å². The third kappa shape index (κ3) is 10.4. The molecule has 0 saturated carbocycles. The van der Waals surface area contributed by atoms with E-state index in [1.54, 1.807) is 45.0 Å². The number of ketones is 1. The van der Waals surface area contributed by atoms with E-state index in [4.69, 9.17) is 19.0 Å². The van der Waals surface area contributed by atoms with Gasteiger partial charge in [-0.25, -0.2) is 4.79 Å². The molecule has 3 atom stereocenters. The second-order valence-corrected chi connectivity index (χ2v) is 11.7. The maximum absolute atomic E-state index is 12.8. The van der Waals surface area contributed by atoms with E-state index in [1.807, 2.05) is 43.3 Å². The van der Waals surface area contributed by atoms with Gasteiger partial charge in [0, 0.05) is 6.54 Å².